The van der Waals surface area contributed by atoms with Crippen LogP contribution in [-0.2, 0) is 14.9 Å². The summed E-state index contributed by atoms with van der Waals surface area (Å²) >= 11 is 0. The van der Waals surface area contributed by atoms with E-state index in [1.54, 1.807) is 24.3 Å². The summed E-state index contributed by atoms with van der Waals surface area (Å²) in [5.41, 5.74) is 4.90. The van der Waals surface area contributed by atoms with Crippen molar-refractivity contribution in [1.82, 2.24) is 15.3 Å². The van der Waals surface area contributed by atoms with E-state index in [2.05, 4.69) is 10.9 Å². The fraction of sp³-hybridized carbons (Fsp3) is 0.222. The minimum absolute atomic E-state index is 0.0533. The van der Waals surface area contributed by atoms with Crippen LogP contribution < -0.4 is 15.6 Å². The lowest BCUT2D eigenvalue weighted by atomic mass is 10.2. The maximum absolute atomic E-state index is 12.3. The summed E-state index contributed by atoms with van der Waals surface area (Å²) in [4.78, 5) is 28.9. The van der Waals surface area contributed by atoms with E-state index in [0.29, 0.717) is 22.4 Å². The topological polar surface area (TPSA) is 114 Å². The van der Waals surface area contributed by atoms with E-state index < -0.39 is 21.8 Å². The minimum Gasteiger partial charge on any atom is -0.494 e. The van der Waals surface area contributed by atoms with Gasteiger partial charge in [0.25, 0.3) is 21.8 Å². The van der Waals surface area contributed by atoms with Crippen molar-refractivity contribution in [3.05, 3.63) is 59.7 Å². The zero-order chi connectivity index (χ0) is 20.7. The van der Waals surface area contributed by atoms with Gasteiger partial charge >= 0.3 is 0 Å². The third-order valence-corrected chi connectivity index (χ3v) is 5.38. The van der Waals surface area contributed by atoms with Gasteiger partial charge < -0.3 is 4.74 Å². The predicted octanol–water partition coefficient (Wildman–Crippen LogP) is 1.34. The first-order valence-corrected chi connectivity index (χ1v) is 9.70. The Morgan fingerprint density at radius 1 is 1.00 bits per heavy atom. The number of ether oxygens (including phenoxy) is 1. The molecule has 0 saturated heterocycles. The number of nitrogens with one attached hydrogen (secondary N) is 2. The van der Waals surface area contributed by atoms with E-state index >= 15 is 0 Å². The fourth-order valence-electron chi connectivity index (χ4n) is 2.17. The van der Waals surface area contributed by atoms with Gasteiger partial charge in [0.1, 0.15) is 5.75 Å². The van der Waals surface area contributed by atoms with Crippen LogP contribution in [0, 0.1) is 0 Å². The van der Waals surface area contributed by atoms with Gasteiger partial charge in [-0.1, -0.05) is 10.5 Å². The molecule has 0 aromatic heterocycles. The lowest BCUT2D eigenvalue weighted by Gasteiger charge is -2.14. The Morgan fingerprint density at radius 3 is 2.18 bits per heavy atom. The van der Waals surface area contributed by atoms with Crippen LogP contribution in [0.1, 0.15) is 27.6 Å². The Labute approximate surface area is 163 Å². The molecule has 0 radical (unpaired) electrons. The van der Waals surface area contributed by atoms with Crippen molar-refractivity contribution in [1.29, 1.82) is 0 Å². The Hall–Kier alpha value is -2.95. The van der Waals surface area contributed by atoms with Crippen molar-refractivity contribution in [2.24, 2.45) is 0 Å². The molecule has 0 fully saturated rings. The van der Waals surface area contributed by atoms with Gasteiger partial charge in [-0.25, -0.2) is 8.42 Å². The van der Waals surface area contributed by atoms with Gasteiger partial charge in [0, 0.05) is 18.2 Å². The number of carbonyl (C=O) groups is 2. The lowest BCUT2D eigenvalue weighted by molar-refractivity contribution is -0.0258. The summed E-state index contributed by atoms with van der Waals surface area (Å²) in [5, 5.41) is 0. The van der Waals surface area contributed by atoms with Crippen molar-refractivity contribution in [2.45, 2.75) is 11.8 Å². The summed E-state index contributed by atoms with van der Waals surface area (Å²) < 4.78 is 30.5. The second-order valence-electron chi connectivity index (χ2n) is 5.49. The molecule has 28 heavy (non-hydrogen) atoms. The highest BCUT2D eigenvalue weighted by atomic mass is 32.2. The largest absolute Gasteiger partial charge is 0.494 e. The number of hydrogen-bond donors (Lipinski definition) is 2. The highest BCUT2D eigenvalue weighted by molar-refractivity contribution is 7.89. The van der Waals surface area contributed by atoms with Crippen molar-refractivity contribution < 1.29 is 27.6 Å². The number of nitrogens with zero attached hydrogens (tertiary/aromatic N) is 1. The van der Waals surface area contributed by atoms with Crippen LogP contribution in [0.25, 0.3) is 0 Å². The van der Waals surface area contributed by atoms with E-state index in [-0.39, 0.29) is 10.5 Å². The van der Waals surface area contributed by atoms with Crippen LogP contribution in [0.2, 0.25) is 0 Å². The Balaban J connectivity index is 2.05. The molecule has 0 aliphatic carbocycles. The molecule has 2 amide bonds. The smallest absolute Gasteiger partial charge is 0.269 e. The predicted molar refractivity (Wildman–Crippen MR) is 101 cm³/mol. The number of hydrazine groups is 1. The quantitative estimate of drug-likeness (QED) is 0.670. The number of amides is 2. The third kappa shape index (κ3) is 5.06. The number of sulfonamides is 1. The van der Waals surface area contributed by atoms with E-state index in [0.717, 1.165) is 0 Å². The minimum atomic E-state index is -3.90. The summed E-state index contributed by atoms with van der Waals surface area (Å²) in [6.07, 6.45) is 0. The Kier molecular flexibility index (Phi) is 7.10. The van der Waals surface area contributed by atoms with Crippen molar-refractivity contribution in [3.63, 3.8) is 0 Å². The van der Waals surface area contributed by atoms with Crippen LogP contribution in [0.5, 0.6) is 5.75 Å². The molecule has 0 saturated carbocycles. The first-order valence-electron chi connectivity index (χ1n) is 8.26. The van der Waals surface area contributed by atoms with Gasteiger partial charge in [0.2, 0.25) is 0 Å². The van der Waals surface area contributed by atoms with Gasteiger partial charge in [-0.05, 0) is 49.4 Å². The number of hydroxylamine groups is 1. The molecule has 2 aromatic rings. The van der Waals surface area contributed by atoms with E-state index in [1.165, 1.54) is 38.4 Å². The molecule has 150 valence electrons. The molecule has 2 N–H and O–H groups in total. The highest BCUT2D eigenvalue weighted by Gasteiger charge is 2.22. The molecule has 0 atom stereocenters. The van der Waals surface area contributed by atoms with Crippen molar-refractivity contribution >= 4 is 21.8 Å². The number of benzene rings is 2. The van der Waals surface area contributed by atoms with Gasteiger partial charge in [-0.15, -0.1) is 0 Å². The lowest BCUT2D eigenvalue weighted by Crippen LogP contribution is -2.41. The first kappa shape index (κ1) is 21.4. The molecule has 0 aliphatic rings. The second kappa shape index (κ2) is 9.31. The second-order valence-corrected chi connectivity index (χ2v) is 7.43. The maximum atomic E-state index is 12.3. The molecule has 0 bridgehead atoms. The van der Waals surface area contributed by atoms with Gasteiger partial charge in [-0.3, -0.25) is 25.3 Å². The molecule has 2 aromatic carbocycles. The SMILES string of the molecule is CCOc1ccc(C(=O)NNC(=O)c2cccc(S(=O)(=O)N(C)OC)c2)cc1. The average Bonchev–Trinajstić information content (AvgIpc) is 2.71. The molecule has 0 unspecified atom stereocenters. The van der Waals surface area contributed by atoms with E-state index in [9.17, 15) is 18.0 Å². The molecular formula is C18H21N3O6S. The molecular weight excluding hydrogens is 386 g/mol. The first-order chi connectivity index (χ1) is 13.3. The standard InChI is InChI=1S/C18H21N3O6S/c1-4-27-15-10-8-13(9-11-15)17(22)19-20-18(23)14-6-5-7-16(12-14)28(24,25)21(2)26-3/h5-12H,4H2,1-3H3,(H,19,22)(H,20,23). The van der Waals surface area contributed by atoms with Gasteiger partial charge in [0.05, 0.1) is 18.6 Å². The van der Waals surface area contributed by atoms with Crippen molar-refractivity contribution in [2.75, 3.05) is 20.8 Å². The van der Waals surface area contributed by atoms with E-state index in [4.69, 9.17) is 9.57 Å². The Morgan fingerprint density at radius 2 is 1.61 bits per heavy atom. The van der Waals surface area contributed by atoms with Crippen LogP contribution in [-0.4, -0.2) is 45.5 Å². The van der Waals surface area contributed by atoms with Gasteiger partial charge in [-0.2, -0.15) is 0 Å². The molecule has 0 spiro atoms. The zero-order valence-electron chi connectivity index (χ0n) is 15.6. The van der Waals surface area contributed by atoms with E-state index in [1.807, 2.05) is 6.92 Å². The van der Waals surface area contributed by atoms with Crippen molar-refractivity contribution in [3.8, 4) is 5.75 Å². The summed E-state index contributed by atoms with van der Waals surface area (Å²) in [6, 6.07) is 11.7. The number of rotatable bonds is 7. The third-order valence-electron chi connectivity index (χ3n) is 3.71. The van der Waals surface area contributed by atoms with Crippen LogP contribution >= 0.6 is 0 Å². The number of hydrogen-bond acceptors (Lipinski definition) is 6. The average molecular weight is 407 g/mol. The molecule has 0 heterocycles. The Bertz CT molecular complexity index is 944. The molecule has 2 rings (SSSR count). The molecule has 9 nitrogen and oxygen atoms in total. The summed E-state index contributed by atoms with van der Waals surface area (Å²) in [7, 11) is -1.45. The summed E-state index contributed by atoms with van der Waals surface area (Å²) in [5.74, 6) is -0.571. The zero-order valence-corrected chi connectivity index (χ0v) is 16.4. The molecule has 0 aliphatic heterocycles. The monoisotopic (exact) mass is 407 g/mol. The fourth-order valence-corrected chi connectivity index (χ4v) is 3.19. The number of carbonyl (C=O) groups excluding carboxylic acids is 2. The van der Waals surface area contributed by atoms with Crippen LogP contribution in [0.3, 0.4) is 0 Å². The van der Waals surface area contributed by atoms with Crippen LogP contribution in [0.15, 0.2) is 53.4 Å². The van der Waals surface area contributed by atoms with Crippen LogP contribution in [0.4, 0.5) is 0 Å². The highest BCUT2D eigenvalue weighted by Crippen LogP contribution is 2.16. The maximum Gasteiger partial charge on any atom is 0.269 e. The normalized spacial score (nSPS) is 11.1. The molecule has 10 heteroatoms. The summed E-state index contributed by atoms with van der Waals surface area (Å²) in [6.45, 7) is 2.36. The van der Waals surface area contributed by atoms with Gasteiger partial charge in [0.15, 0.2) is 0 Å².